The zero-order valence-electron chi connectivity index (χ0n) is 19.0. The van der Waals surface area contributed by atoms with Crippen molar-refractivity contribution in [2.75, 3.05) is 0 Å². The molecule has 8 nitrogen and oxygen atoms in total. The number of nitrogens with zero attached hydrogens (tertiary/aromatic N) is 5. The zero-order valence-corrected chi connectivity index (χ0v) is 19.0. The van der Waals surface area contributed by atoms with E-state index < -0.39 is 0 Å². The molecule has 0 atom stereocenters. The molecule has 0 saturated carbocycles. The van der Waals surface area contributed by atoms with Crippen LogP contribution in [0.25, 0.3) is 22.4 Å². The maximum absolute atomic E-state index is 13.5. The first-order valence-electron chi connectivity index (χ1n) is 11.0. The fourth-order valence-corrected chi connectivity index (χ4v) is 3.93. The van der Waals surface area contributed by atoms with Gasteiger partial charge in [0.2, 0.25) is 5.91 Å². The van der Waals surface area contributed by atoms with E-state index in [0.717, 1.165) is 16.8 Å². The summed E-state index contributed by atoms with van der Waals surface area (Å²) in [4.78, 5) is 26.2. The summed E-state index contributed by atoms with van der Waals surface area (Å²) in [5, 5.41) is 12.4. The standard InChI is InChI=1S/C26H24N6O2/c1-18-10-12-20(13-11-18)16-27-22(33)17-31-26(34)23-24(19(2)28-31)29-32(21-8-4-3-5-9-21)25(23)30-14-6-7-15-30/h3-15H,16-17H2,1-2H3,(H,27,33). The van der Waals surface area contributed by atoms with Gasteiger partial charge in [0.25, 0.3) is 5.56 Å². The van der Waals surface area contributed by atoms with Gasteiger partial charge in [-0.3, -0.25) is 9.59 Å². The Morgan fingerprint density at radius 1 is 0.912 bits per heavy atom. The van der Waals surface area contributed by atoms with Gasteiger partial charge in [-0.1, -0.05) is 48.0 Å². The molecule has 5 aromatic rings. The minimum absolute atomic E-state index is 0.177. The molecular weight excluding hydrogens is 428 g/mol. The van der Waals surface area contributed by atoms with Gasteiger partial charge in [-0.05, 0) is 43.7 Å². The summed E-state index contributed by atoms with van der Waals surface area (Å²) >= 11 is 0. The number of carbonyl (C=O) groups is 1. The molecule has 34 heavy (non-hydrogen) atoms. The number of nitrogens with one attached hydrogen (secondary N) is 1. The molecule has 0 unspecified atom stereocenters. The molecule has 2 aromatic carbocycles. The van der Waals surface area contributed by atoms with Gasteiger partial charge < -0.3 is 9.88 Å². The molecule has 0 radical (unpaired) electrons. The minimum Gasteiger partial charge on any atom is -0.350 e. The summed E-state index contributed by atoms with van der Waals surface area (Å²) in [6, 6.07) is 21.3. The highest BCUT2D eigenvalue weighted by Crippen LogP contribution is 2.24. The Morgan fingerprint density at radius 3 is 2.32 bits per heavy atom. The van der Waals surface area contributed by atoms with E-state index in [1.54, 1.807) is 11.6 Å². The van der Waals surface area contributed by atoms with Crippen LogP contribution in [-0.2, 0) is 17.9 Å². The molecule has 3 heterocycles. The molecule has 0 bridgehead atoms. The van der Waals surface area contributed by atoms with Crippen molar-refractivity contribution >= 4 is 16.8 Å². The van der Waals surface area contributed by atoms with Gasteiger partial charge in [-0.15, -0.1) is 0 Å². The quantitative estimate of drug-likeness (QED) is 0.428. The molecule has 0 fully saturated rings. The van der Waals surface area contributed by atoms with Gasteiger partial charge in [0.15, 0.2) is 5.82 Å². The van der Waals surface area contributed by atoms with E-state index in [-0.39, 0.29) is 18.0 Å². The predicted octanol–water partition coefficient (Wildman–Crippen LogP) is 3.31. The van der Waals surface area contributed by atoms with Crippen LogP contribution in [0.4, 0.5) is 0 Å². The van der Waals surface area contributed by atoms with Gasteiger partial charge in [0.05, 0.1) is 11.4 Å². The zero-order chi connectivity index (χ0) is 23.7. The summed E-state index contributed by atoms with van der Waals surface area (Å²) < 4.78 is 4.81. The molecule has 1 amide bonds. The van der Waals surface area contributed by atoms with Crippen molar-refractivity contribution in [2.24, 2.45) is 0 Å². The minimum atomic E-state index is -0.364. The first-order chi connectivity index (χ1) is 16.5. The van der Waals surface area contributed by atoms with Crippen molar-refractivity contribution in [1.29, 1.82) is 0 Å². The number of para-hydroxylation sites is 1. The monoisotopic (exact) mass is 452 g/mol. The third-order valence-electron chi connectivity index (χ3n) is 5.68. The third-order valence-corrected chi connectivity index (χ3v) is 5.68. The van der Waals surface area contributed by atoms with Crippen molar-refractivity contribution in [1.82, 2.24) is 29.4 Å². The average molecular weight is 453 g/mol. The first kappa shape index (κ1) is 21.4. The molecule has 3 aromatic heterocycles. The summed E-state index contributed by atoms with van der Waals surface area (Å²) in [5.74, 6) is 0.322. The van der Waals surface area contributed by atoms with Gasteiger partial charge in [-0.25, -0.2) is 9.36 Å². The topological polar surface area (TPSA) is 86.7 Å². The van der Waals surface area contributed by atoms with Crippen LogP contribution in [0.3, 0.4) is 0 Å². The molecule has 170 valence electrons. The number of aromatic nitrogens is 5. The van der Waals surface area contributed by atoms with Crippen LogP contribution in [0, 0.1) is 13.8 Å². The van der Waals surface area contributed by atoms with Crippen LogP contribution < -0.4 is 10.9 Å². The van der Waals surface area contributed by atoms with Crippen LogP contribution in [0.5, 0.6) is 0 Å². The number of benzene rings is 2. The van der Waals surface area contributed by atoms with E-state index in [4.69, 9.17) is 5.10 Å². The lowest BCUT2D eigenvalue weighted by molar-refractivity contribution is -0.122. The lowest BCUT2D eigenvalue weighted by Crippen LogP contribution is -2.34. The lowest BCUT2D eigenvalue weighted by Gasteiger charge is -2.10. The first-order valence-corrected chi connectivity index (χ1v) is 11.0. The van der Waals surface area contributed by atoms with E-state index >= 15 is 0 Å². The SMILES string of the molecule is Cc1ccc(CNC(=O)Cn2nc(C)c3nn(-c4ccccc4)c(-n4cccc4)c3c2=O)cc1. The van der Waals surface area contributed by atoms with Crippen molar-refractivity contribution in [2.45, 2.75) is 26.9 Å². The second-order valence-corrected chi connectivity index (χ2v) is 8.20. The Bertz CT molecular complexity index is 1510. The molecule has 0 saturated heterocycles. The molecule has 0 aliphatic carbocycles. The molecule has 8 heteroatoms. The highest BCUT2D eigenvalue weighted by atomic mass is 16.2. The Morgan fingerprint density at radius 2 is 1.62 bits per heavy atom. The van der Waals surface area contributed by atoms with Crippen LogP contribution in [0.15, 0.2) is 83.9 Å². The Hall–Kier alpha value is -4.46. The average Bonchev–Trinajstić information content (AvgIpc) is 3.51. The maximum Gasteiger partial charge on any atom is 0.280 e. The molecule has 0 aliphatic rings. The predicted molar refractivity (Wildman–Crippen MR) is 130 cm³/mol. The molecule has 0 spiro atoms. The van der Waals surface area contributed by atoms with E-state index in [9.17, 15) is 9.59 Å². The van der Waals surface area contributed by atoms with Gasteiger partial charge in [0.1, 0.15) is 17.4 Å². The number of hydrogen-bond acceptors (Lipinski definition) is 4. The number of carbonyl (C=O) groups excluding carboxylic acids is 1. The summed E-state index contributed by atoms with van der Waals surface area (Å²) in [5.41, 5.74) is 3.69. The lowest BCUT2D eigenvalue weighted by atomic mass is 10.1. The van der Waals surface area contributed by atoms with Crippen molar-refractivity contribution in [3.63, 3.8) is 0 Å². The number of aryl methyl sites for hydroxylation is 2. The van der Waals surface area contributed by atoms with E-state index in [1.165, 1.54) is 4.68 Å². The fourth-order valence-electron chi connectivity index (χ4n) is 3.93. The Labute approximate surface area is 196 Å². The van der Waals surface area contributed by atoms with Crippen LogP contribution in [0.2, 0.25) is 0 Å². The van der Waals surface area contributed by atoms with E-state index in [0.29, 0.717) is 29.0 Å². The molecule has 5 rings (SSSR count). The Balaban J connectivity index is 1.54. The molecule has 1 N–H and O–H groups in total. The van der Waals surface area contributed by atoms with E-state index in [1.807, 2.05) is 90.6 Å². The largest absolute Gasteiger partial charge is 0.350 e. The second kappa shape index (κ2) is 8.82. The van der Waals surface area contributed by atoms with Crippen molar-refractivity contribution in [3.8, 4) is 11.5 Å². The number of amides is 1. The fraction of sp³-hybridized carbons (Fsp3) is 0.154. The molecule has 0 aliphatic heterocycles. The number of rotatable bonds is 6. The van der Waals surface area contributed by atoms with Crippen molar-refractivity contribution in [3.05, 3.63) is 106 Å². The molecular formula is C26H24N6O2. The third kappa shape index (κ3) is 4.01. The Kier molecular flexibility index (Phi) is 5.55. The smallest absolute Gasteiger partial charge is 0.280 e. The normalized spacial score (nSPS) is 11.1. The highest BCUT2D eigenvalue weighted by Gasteiger charge is 2.22. The van der Waals surface area contributed by atoms with Crippen LogP contribution in [-0.4, -0.2) is 30.0 Å². The summed E-state index contributed by atoms with van der Waals surface area (Å²) in [6.07, 6.45) is 3.73. The van der Waals surface area contributed by atoms with Gasteiger partial charge in [0, 0.05) is 18.9 Å². The maximum atomic E-state index is 13.5. The second-order valence-electron chi connectivity index (χ2n) is 8.20. The number of fused-ring (bicyclic) bond motifs is 1. The van der Waals surface area contributed by atoms with Crippen LogP contribution in [0.1, 0.15) is 16.8 Å². The van der Waals surface area contributed by atoms with Crippen molar-refractivity contribution < 1.29 is 4.79 Å². The summed E-state index contributed by atoms with van der Waals surface area (Å²) in [6.45, 7) is 4.02. The summed E-state index contributed by atoms with van der Waals surface area (Å²) in [7, 11) is 0. The van der Waals surface area contributed by atoms with Gasteiger partial charge >= 0.3 is 0 Å². The highest BCUT2D eigenvalue weighted by molar-refractivity contribution is 5.88. The van der Waals surface area contributed by atoms with Crippen LogP contribution >= 0.6 is 0 Å². The number of hydrogen-bond donors (Lipinski definition) is 1. The van der Waals surface area contributed by atoms with E-state index in [2.05, 4.69) is 10.4 Å². The van der Waals surface area contributed by atoms with Gasteiger partial charge in [-0.2, -0.15) is 10.2 Å².